The normalized spacial score (nSPS) is 35.5. The molecule has 1 aromatic carbocycles. The summed E-state index contributed by atoms with van der Waals surface area (Å²) in [6, 6.07) is 6.81. The van der Waals surface area contributed by atoms with Crippen molar-refractivity contribution in [1.29, 1.82) is 0 Å². The molecule has 0 radical (unpaired) electrons. The highest BCUT2D eigenvalue weighted by molar-refractivity contribution is 5.44. The lowest BCUT2D eigenvalue weighted by Crippen LogP contribution is -2.59. The van der Waals surface area contributed by atoms with Gasteiger partial charge in [0, 0.05) is 18.0 Å². The number of piperidine rings is 1. The van der Waals surface area contributed by atoms with Gasteiger partial charge in [0.15, 0.2) is 0 Å². The first kappa shape index (κ1) is 13.6. The molecule has 114 valence electrons. The number of likely N-dealkylation sites (tertiary alicyclic amines) is 1. The molecule has 1 aliphatic heterocycles. The largest absolute Gasteiger partial charge is 0.508 e. The predicted molar refractivity (Wildman–Crippen MR) is 85.6 cm³/mol. The fourth-order valence-corrected chi connectivity index (χ4v) is 5.09. The van der Waals surface area contributed by atoms with Crippen molar-refractivity contribution in [1.82, 2.24) is 4.90 Å². The molecule has 1 N–H and O–H groups in total. The van der Waals surface area contributed by atoms with Gasteiger partial charge in [-0.3, -0.25) is 4.90 Å². The van der Waals surface area contributed by atoms with E-state index < -0.39 is 0 Å². The summed E-state index contributed by atoms with van der Waals surface area (Å²) in [5, 5.41) is 9.95. The third kappa shape index (κ3) is 2.03. The lowest BCUT2D eigenvalue weighted by atomic mass is 9.57. The Kier molecular flexibility index (Phi) is 3.08. The molecule has 1 saturated carbocycles. The van der Waals surface area contributed by atoms with Gasteiger partial charge in [0.05, 0.1) is 0 Å². The molecule has 0 amide bonds. The Hall–Kier alpha value is -1.02. The van der Waals surface area contributed by atoms with Crippen molar-refractivity contribution >= 4 is 0 Å². The maximum absolute atomic E-state index is 9.95. The number of fused-ring (bicyclic) bond motifs is 4. The lowest BCUT2D eigenvalue weighted by Gasteiger charge is -2.56. The molecule has 1 saturated heterocycles. The van der Waals surface area contributed by atoms with Crippen LogP contribution in [0, 0.1) is 11.8 Å². The molecule has 0 spiro atoms. The van der Waals surface area contributed by atoms with Gasteiger partial charge >= 0.3 is 0 Å². The van der Waals surface area contributed by atoms with E-state index in [1.807, 2.05) is 6.07 Å². The molecule has 2 fully saturated rings. The van der Waals surface area contributed by atoms with Gasteiger partial charge in [-0.1, -0.05) is 19.9 Å². The number of benzene rings is 1. The lowest BCUT2D eigenvalue weighted by molar-refractivity contribution is 0.0179. The summed E-state index contributed by atoms with van der Waals surface area (Å²) >= 11 is 0. The van der Waals surface area contributed by atoms with Crippen molar-refractivity contribution in [3.8, 4) is 5.75 Å². The van der Waals surface area contributed by atoms with Crippen LogP contribution in [-0.2, 0) is 11.8 Å². The van der Waals surface area contributed by atoms with Gasteiger partial charge in [0.25, 0.3) is 0 Å². The third-order valence-electron chi connectivity index (χ3n) is 6.64. The summed E-state index contributed by atoms with van der Waals surface area (Å²) in [6.07, 6.45) is 6.51. The Morgan fingerprint density at radius 3 is 2.86 bits per heavy atom. The standard InChI is InChI=1S/C19H27NO/c1-3-19-8-9-20(12-14-4-5-14)18(13(19)2)10-15-6-7-16(21)11-17(15)19/h6-7,11,13-14,18,21H,3-5,8-10,12H2,1-2H3/t13-,18+,19+/m1/s1. The minimum atomic E-state index is 0.289. The van der Waals surface area contributed by atoms with Crippen LogP contribution >= 0.6 is 0 Å². The number of phenols is 1. The molecule has 3 aliphatic rings. The second-order valence-electron chi connectivity index (χ2n) is 7.60. The molecule has 21 heavy (non-hydrogen) atoms. The molecule has 2 nitrogen and oxygen atoms in total. The van der Waals surface area contributed by atoms with E-state index in [0.29, 0.717) is 17.7 Å². The molecular formula is C19H27NO. The minimum absolute atomic E-state index is 0.289. The van der Waals surface area contributed by atoms with Gasteiger partial charge in [-0.2, -0.15) is 0 Å². The fraction of sp³-hybridized carbons (Fsp3) is 0.684. The summed E-state index contributed by atoms with van der Waals surface area (Å²) in [5.74, 6) is 2.12. The minimum Gasteiger partial charge on any atom is -0.508 e. The molecule has 0 unspecified atom stereocenters. The zero-order chi connectivity index (χ0) is 14.6. The van der Waals surface area contributed by atoms with Crippen LogP contribution in [-0.4, -0.2) is 29.1 Å². The van der Waals surface area contributed by atoms with Gasteiger partial charge in [0.1, 0.15) is 5.75 Å². The first-order valence-corrected chi connectivity index (χ1v) is 8.70. The number of nitrogens with zero attached hydrogens (tertiary/aromatic N) is 1. The van der Waals surface area contributed by atoms with Crippen LogP contribution in [0.5, 0.6) is 5.75 Å². The fourth-order valence-electron chi connectivity index (χ4n) is 5.09. The van der Waals surface area contributed by atoms with Crippen molar-refractivity contribution in [3.63, 3.8) is 0 Å². The number of phenolic OH excluding ortho intramolecular Hbond substituents is 1. The van der Waals surface area contributed by atoms with E-state index in [4.69, 9.17) is 0 Å². The summed E-state index contributed by atoms with van der Waals surface area (Å²) in [7, 11) is 0. The van der Waals surface area contributed by atoms with Crippen molar-refractivity contribution in [3.05, 3.63) is 29.3 Å². The highest BCUT2D eigenvalue weighted by atomic mass is 16.3. The van der Waals surface area contributed by atoms with E-state index >= 15 is 0 Å². The van der Waals surface area contributed by atoms with Gasteiger partial charge in [-0.25, -0.2) is 0 Å². The Morgan fingerprint density at radius 1 is 1.33 bits per heavy atom. The number of hydrogen-bond donors (Lipinski definition) is 1. The Balaban J connectivity index is 1.74. The van der Waals surface area contributed by atoms with Crippen LogP contribution in [0.2, 0.25) is 0 Å². The smallest absolute Gasteiger partial charge is 0.115 e. The molecule has 1 heterocycles. The predicted octanol–water partition coefficient (Wildman–Crippen LogP) is 3.72. The average Bonchev–Trinajstić information content (AvgIpc) is 3.28. The van der Waals surface area contributed by atoms with E-state index in [-0.39, 0.29) is 5.41 Å². The third-order valence-corrected chi connectivity index (χ3v) is 6.64. The van der Waals surface area contributed by atoms with Crippen LogP contribution in [0.25, 0.3) is 0 Å². The van der Waals surface area contributed by atoms with Gasteiger partial charge < -0.3 is 5.11 Å². The molecule has 2 heteroatoms. The maximum atomic E-state index is 9.95. The molecule has 0 aromatic heterocycles. The maximum Gasteiger partial charge on any atom is 0.115 e. The summed E-state index contributed by atoms with van der Waals surface area (Å²) in [4.78, 5) is 2.78. The Bertz CT molecular complexity index is 550. The summed E-state index contributed by atoms with van der Waals surface area (Å²) < 4.78 is 0. The van der Waals surface area contributed by atoms with Crippen LogP contribution < -0.4 is 0 Å². The van der Waals surface area contributed by atoms with Crippen molar-refractivity contribution in [2.24, 2.45) is 11.8 Å². The highest BCUT2D eigenvalue weighted by Gasteiger charge is 2.50. The van der Waals surface area contributed by atoms with Crippen molar-refractivity contribution < 1.29 is 5.11 Å². The van der Waals surface area contributed by atoms with E-state index in [9.17, 15) is 5.11 Å². The first-order chi connectivity index (χ1) is 10.1. The molecule has 2 bridgehead atoms. The SMILES string of the molecule is CC[C@@]12CCN(CC3CC3)[C@@H](Cc3ccc(O)cc31)[C@H]2C. The van der Waals surface area contributed by atoms with Crippen molar-refractivity contribution in [2.45, 2.75) is 57.4 Å². The van der Waals surface area contributed by atoms with Crippen molar-refractivity contribution in [2.75, 3.05) is 13.1 Å². The number of aromatic hydroxyl groups is 1. The molecule has 4 rings (SSSR count). The van der Waals surface area contributed by atoms with Gasteiger partial charge in [-0.15, -0.1) is 0 Å². The zero-order valence-corrected chi connectivity index (χ0v) is 13.3. The van der Waals surface area contributed by atoms with E-state index in [2.05, 4.69) is 30.9 Å². The second-order valence-corrected chi connectivity index (χ2v) is 7.60. The van der Waals surface area contributed by atoms with Crippen LogP contribution in [0.1, 0.15) is 50.7 Å². The molecular weight excluding hydrogens is 258 g/mol. The average molecular weight is 285 g/mol. The molecule has 1 aromatic rings. The molecule has 2 aliphatic carbocycles. The Morgan fingerprint density at radius 2 is 2.14 bits per heavy atom. The highest BCUT2D eigenvalue weighted by Crippen LogP contribution is 2.52. The van der Waals surface area contributed by atoms with E-state index in [0.717, 1.165) is 5.92 Å². The topological polar surface area (TPSA) is 23.5 Å². The van der Waals surface area contributed by atoms with E-state index in [1.54, 1.807) is 0 Å². The van der Waals surface area contributed by atoms with Crippen LogP contribution in [0.3, 0.4) is 0 Å². The number of hydrogen-bond acceptors (Lipinski definition) is 2. The van der Waals surface area contributed by atoms with E-state index in [1.165, 1.54) is 56.3 Å². The quantitative estimate of drug-likeness (QED) is 0.915. The molecule has 3 atom stereocenters. The van der Waals surface area contributed by atoms with Crippen LogP contribution in [0.15, 0.2) is 18.2 Å². The first-order valence-electron chi connectivity index (χ1n) is 8.70. The number of rotatable bonds is 3. The van der Waals surface area contributed by atoms with Gasteiger partial charge in [0.2, 0.25) is 0 Å². The van der Waals surface area contributed by atoms with Crippen LogP contribution in [0.4, 0.5) is 0 Å². The monoisotopic (exact) mass is 285 g/mol. The summed E-state index contributed by atoms with van der Waals surface area (Å²) in [5.41, 5.74) is 3.22. The zero-order valence-electron chi connectivity index (χ0n) is 13.3. The summed E-state index contributed by atoms with van der Waals surface area (Å²) in [6.45, 7) is 7.36. The second kappa shape index (κ2) is 4.74. The van der Waals surface area contributed by atoms with Gasteiger partial charge in [-0.05, 0) is 73.7 Å². The Labute approximate surface area is 128 Å².